The molecule has 0 bridgehead atoms. The zero-order chi connectivity index (χ0) is 20.3. The van der Waals surface area contributed by atoms with E-state index in [1.807, 2.05) is 0 Å². The Hall–Kier alpha value is -2.37. The van der Waals surface area contributed by atoms with Crippen molar-refractivity contribution in [2.45, 2.75) is 78.3 Å². The van der Waals surface area contributed by atoms with Gasteiger partial charge in [-0.15, -0.1) is 10.2 Å². The second-order valence-electron chi connectivity index (χ2n) is 7.96. The Bertz CT molecular complexity index is 762. The molecule has 6 nitrogen and oxygen atoms in total. The first kappa shape index (κ1) is 21.3. The summed E-state index contributed by atoms with van der Waals surface area (Å²) in [7, 11) is 0. The highest BCUT2D eigenvalue weighted by Gasteiger charge is 2.14. The number of aryl methyl sites for hydroxylation is 3. The Labute approximate surface area is 175 Å². The summed E-state index contributed by atoms with van der Waals surface area (Å²) in [6.45, 7) is 7.93. The maximum Gasteiger partial charge on any atom is 0.191 e. The number of aromatic nitrogens is 3. The third kappa shape index (κ3) is 6.87. The van der Waals surface area contributed by atoms with E-state index in [0.29, 0.717) is 6.54 Å². The minimum Gasteiger partial charge on any atom is -0.356 e. The highest BCUT2D eigenvalue weighted by atomic mass is 15.3. The molecule has 1 aliphatic rings. The second kappa shape index (κ2) is 11.6. The van der Waals surface area contributed by atoms with Gasteiger partial charge in [-0.05, 0) is 38.2 Å². The monoisotopic (exact) mass is 396 g/mol. The number of nitrogens with zero attached hydrogens (tertiary/aromatic N) is 4. The molecule has 1 aliphatic heterocycles. The average molecular weight is 397 g/mol. The van der Waals surface area contributed by atoms with E-state index in [9.17, 15) is 0 Å². The van der Waals surface area contributed by atoms with E-state index in [2.05, 4.69) is 63.5 Å². The van der Waals surface area contributed by atoms with Crippen LogP contribution in [0.4, 0.5) is 0 Å². The summed E-state index contributed by atoms with van der Waals surface area (Å²) in [6.07, 6.45) is 9.17. The molecule has 0 atom stereocenters. The molecular formula is C23H36N6. The van der Waals surface area contributed by atoms with Crippen LogP contribution in [0.25, 0.3) is 0 Å². The van der Waals surface area contributed by atoms with Crippen molar-refractivity contribution in [2.24, 2.45) is 4.99 Å². The van der Waals surface area contributed by atoms with E-state index in [0.717, 1.165) is 57.1 Å². The third-order valence-corrected chi connectivity index (χ3v) is 5.42. The first-order chi connectivity index (χ1) is 14.3. The minimum absolute atomic E-state index is 0.694. The number of nitrogens with one attached hydrogen (secondary N) is 2. The number of hydrogen-bond acceptors (Lipinski definition) is 3. The van der Waals surface area contributed by atoms with Crippen molar-refractivity contribution in [2.75, 3.05) is 13.1 Å². The molecule has 2 aromatic rings. The zero-order valence-corrected chi connectivity index (χ0v) is 18.1. The van der Waals surface area contributed by atoms with Gasteiger partial charge < -0.3 is 15.2 Å². The molecule has 0 saturated carbocycles. The van der Waals surface area contributed by atoms with Gasteiger partial charge in [0.15, 0.2) is 5.96 Å². The van der Waals surface area contributed by atoms with Crippen LogP contribution in [0.2, 0.25) is 0 Å². The molecule has 2 heterocycles. The highest BCUT2D eigenvalue weighted by Crippen LogP contribution is 2.15. The van der Waals surface area contributed by atoms with Crippen LogP contribution in [-0.4, -0.2) is 33.8 Å². The maximum atomic E-state index is 4.77. The Morgan fingerprint density at radius 2 is 1.83 bits per heavy atom. The summed E-state index contributed by atoms with van der Waals surface area (Å²) in [5.41, 5.74) is 2.52. The summed E-state index contributed by atoms with van der Waals surface area (Å²) < 4.78 is 2.35. The Balaban J connectivity index is 1.49. The zero-order valence-electron chi connectivity index (χ0n) is 18.1. The normalized spacial score (nSPS) is 14.3. The van der Waals surface area contributed by atoms with E-state index >= 15 is 0 Å². The maximum absolute atomic E-state index is 4.77. The number of unbranched alkanes of at least 4 members (excludes halogenated alkanes) is 1. The van der Waals surface area contributed by atoms with Crippen molar-refractivity contribution in [3.63, 3.8) is 0 Å². The van der Waals surface area contributed by atoms with Gasteiger partial charge >= 0.3 is 0 Å². The molecule has 1 aromatic heterocycles. The molecular weight excluding hydrogens is 360 g/mol. The predicted molar refractivity (Wildman–Crippen MR) is 119 cm³/mol. The Kier molecular flexibility index (Phi) is 8.53. The molecule has 3 rings (SSSR count). The summed E-state index contributed by atoms with van der Waals surface area (Å²) in [5.74, 6) is 3.21. The van der Waals surface area contributed by atoms with Gasteiger partial charge in [0.2, 0.25) is 0 Å². The lowest BCUT2D eigenvalue weighted by molar-refractivity contribution is 0.593. The smallest absolute Gasteiger partial charge is 0.191 e. The average Bonchev–Trinajstić information content (AvgIpc) is 2.96. The van der Waals surface area contributed by atoms with Gasteiger partial charge in [0.05, 0.1) is 6.54 Å². The van der Waals surface area contributed by atoms with Crippen molar-refractivity contribution >= 4 is 5.96 Å². The van der Waals surface area contributed by atoms with Crippen LogP contribution in [0.15, 0.2) is 29.3 Å². The van der Waals surface area contributed by atoms with Crippen molar-refractivity contribution in [1.29, 1.82) is 0 Å². The van der Waals surface area contributed by atoms with Crippen molar-refractivity contribution < 1.29 is 0 Å². The largest absolute Gasteiger partial charge is 0.356 e. The van der Waals surface area contributed by atoms with Gasteiger partial charge in [0.25, 0.3) is 0 Å². The molecule has 29 heavy (non-hydrogen) atoms. The van der Waals surface area contributed by atoms with Crippen LogP contribution in [0, 0.1) is 6.92 Å². The number of rotatable bonds is 9. The van der Waals surface area contributed by atoms with Crippen LogP contribution in [-0.2, 0) is 25.9 Å². The van der Waals surface area contributed by atoms with E-state index in [1.54, 1.807) is 0 Å². The third-order valence-electron chi connectivity index (χ3n) is 5.42. The molecule has 0 radical (unpaired) electrons. The highest BCUT2D eigenvalue weighted by molar-refractivity contribution is 5.79. The first-order valence-corrected chi connectivity index (χ1v) is 11.2. The van der Waals surface area contributed by atoms with Crippen molar-refractivity contribution in [1.82, 2.24) is 25.4 Å². The fourth-order valence-corrected chi connectivity index (χ4v) is 3.61. The van der Waals surface area contributed by atoms with Gasteiger partial charge in [-0.25, -0.2) is 4.99 Å². The summed E-state index contributed by atoms with van der Waals surface area (Å²) in [5, 5.41) is 15.8. The van der Waals surface area contributed by atoms with Crippen LogP contribution in [0.3, 0.4) is 0 Å². The SMILES string of the molecule is CCCCNC(=NCc1ccc(C)cc1)NCCCc1nnc2n1CCCCC2. The fraction of sp³-hybridized carbons (Fsp3) is 0.609. The van der Waals surface area contributed by atoms with Crippen LogP contribution in [0.1, 0.15) is 68.2 Å². The molecule has 0 aliphatic carbocycles. The standard InChI is InChI=1S/C23H36N6/c1-3-4-15-24-23(26-18-20-13-11-19(2)12-14-20)25-16-8-10-22-28-27-21-9-6-5-7-17-29(21)22/h11-14H,3-10,15-18H2,1-2H3,(H2,24,25,26). The summed E-state index contributed by atoms with van der Waals surface area (Å²) in [6, 6.07) is 8.59. The molecule has 158 valence electrons. The Morgan fingerprint density at radius 1 is 1.03 bits per heavy atom. The molecule has 0 amide bonds. The minimum atomic E-state index is 0.694. The lowest BCUT2D eigenvalue weighted by Crippen LogP contribution is -2.38. The summed E-state index contributed by atoms with van der Waals surface area (Å²) in [4.78, 5) is 4.77. The molecule has 2 N–H and O–H groups in total. The van der Waals surface area contributed by atoms with E-state index in [-0.39, 0.29) is 0 Å². The molecule has 6 heteroatoms. The predicted octanol–water partition coefficient (Wildman–Crippen LogP) is 3.78. The molecule has 0 unspecified atom stereocenters. The number of aliphatic imine (C=N–C) groups is 1. The van der Waals surface area contributed by atoms with Crippen molar-refractivity contribution in [3.8, 4) is 0 Å². The molecule has 1 aromatic carbocycles. The van der Waals surface area contributed by atoms with Crippen LogP contribution >= 0.6 is 0 Å². The second-order valence-corrected chi connectivity index (χ2v) is 7.96. The van der Waals surface area contributed by atoms with Gasteiger partial charge in [-0.3, -0.25) is 0 Å². The van der Waals surface area contributed by atoms with Crippen molar-refractivity contribution in [3.05, 3.63) is 47.0 Å². The molecule has 0 fully saturated rings. The topological polar surface area (TPSA) is 67.1 Å². The van der Waals surface area contributed by atoms with Crippen LogP contribution in [0.5, 0.6) is 0 Å². The lowest BCUT2D eigenvalue weighted by atomic mass is 10.1. The van der Waals surface area contributed by atoms with Gasteiger partial charge in [-0.1, -0.05) is 49.6 Å². The van der Waals surface area contributed by atoms with E-state index < -0.39 is 0 Å². The Morgan fingerprint density at radius 3 is 2.62 bits per heavy atom. The fourth-order valence-electron chi connectivity index (χ4n) is 3.61. The molecule has 0 saturated heterocycles. The van der Waals surface area contributed by atoms with E-state index in [1.165, 1.54) is 42.6 Å². The van der Waals surface area contributed by atoms with Gasteiger partial charge in [-0.2, -0.15) is 0 Å². The number of fused-ring (bicyclic) bond motifs is 1. The van der Waals surface area contributed by atoms with E-state index in [4.69, 9.17) is 4.99 Å². The van der Waals surface area contributed by atoms with Gasteiger partial charge in [0.1, 0.15) is 11.6 Å². The quantitative estimate of drug-likeness (QED) is 0.385. The van der Waals surface area contributed by atoms with Gasteiger partial charge in [0, 0.05) is 32.5 Å². The number of guanidine groups is 1. The molecule has 0 spiro atoms. The first-order valence-electron chi connectivity index (χ1n) is 11.2. The van der Waals surface area contributed by atoms with Crippen LogP contribution < -0.4 is 10.6 Å². The summed E-state index contributed by atoms with van der Waals surface area (Å²) >= 11 is 0. The number of benzene rings is 1. The number of hydrogen-bond donors (Lipinski definition) is 2. The lowest BCUT2D eigenvalue weighted by Gasteiger charge is -2.13.